The van der Waals surface area contributed by atoms with E-state index in [2.05, 4.69) is 51.8 Å². The molecule has 3 N–H and O–H groups in total. The van der Waals surface area contributed by atoms with E-state index >= 15 is 0 Å². The van der Waals surface area contributed by atoms with E-state index in [1.165, 1.54) is 38.2 Å². The number of benzene rings is 2. The van der Waals surface area contributed by atoms with Gasteiger partial charge in [0.05, 0.1) is 11.5 Å². The SMILES string of the molecule is C=CC.CC(=O)c1cccc(CCNC=O)c1.Cc1cc(CNC(=O)C23CCC(C)C2C2CCC4C(C)(CCC5C(C)(C)C(O)CCC54C)C2CC3)ccc1F. The number of hydrogen-bond donors (Lipinski definition) is 3. The molecule has 2 aromatic rings. The maximum absolute atomic E-state index is 14.0. The summed E-state index contributed by atoms with van der Waals surface area (Å²) in [4.78, 5) is 35.1. The van der Waals surface area contributed by atoms with Gasteiger partial charge in [0.1, 0.15) is 5.82 Å². The van der Waals surface area contributed by atoms with E-state index in [-0.39, 0.29) is 34.4 Å². The van der Waals surface area contributed by atoms with Crippen LogP contribution in [0.15, 0.2) is 55.1 Å². The predicted molar refractivity (Wildman–Crippen MR) is 224 cm³/mol. The van der Waals surface area contributed by atoms with E-state index in [9.17, 15) is 23.9 Å². The first-order valence-electron chi connectivity index (χ1n) is 21.6. The van der Waals surface area contributed by atoms with Crippen molar-refractivity contribution in [3.63, 3.8) is 0 Å². The molecule has 0 aliphatic heterocycles. The molecule has 6 nitrogen and oxygen atoms in total. The van der Waals surface area contributed by atoms with E-state index in [0.29, 0.717) is 71.0 Å². The first-order valence-corrected chi connectivity index (χ1v) is 21.6. The van der Waals surface area contributed by atoms with E-state index in [1.54, 1.807) is 32.1 Å². The van der Waals surface area contributed by atoms with Crippen LogP contribution in [0.3, 0.4) is 0 Å². The summed E-state index contributed by atoms with van der Waals surface area (Å²) in [7, 11) is 0. The molecule has 7 heteroatoms. The molecule has 7 rings (SSSR count). The molecular weight excluding hydrogens is 700 g/mol. The second kappa shape index (κ2) is 17.7. The highest BCUT2D eigenvalue weighted by molar-refractivity contribution is 5.94. The molecule has 0 saturated heterocycles. The summed E-state index contributed by atoms with van der Waals surface area (Å²) < 4.78 is 13.8. The lowest BCUT2D eigenvalue weighted by Gasteiger charge is -2.69. The van der Waals surface area contributed by atoms with Gasteiger partial charge in [-0.25, -0.2) is 4.39 Å². The van der Waals surface area contributed by atoms with E-state index in [1.807, 2.05) is 31.2 Å². The third kappa shape index (κ3) is 8.31. The van der Waals surface area contributed by atoms with Gasteiger partial charge in [-0.2, -0.15) is 0 Å². The van der Waals surface area contributed by atoms with Crippen LogP contribution in [0.25, 0.3) is 0 Å². The Balaban J connectivity index is 0.000000296. The molecule has 5 aliphatic rings. The minimum absolute atomic E-state index is 0.00594. The molecule has 10 unspecified atom stereocenters. The first-order chi connectivity index (χ1) is 26.5. The van der Waals surface area contributed by atoms with Gasteiger partial charge in [-0.1, -0.05) is 71.0 Å². The average Bonchev–Trinajstić information content (AvgIpc) is 3.52. The molecule has 10 atom stereocenters. The van der Waals surface area contributed by atoms with Gasteiger partial charge in [0.15, 0.2) is 5.78 Å². The summed E-state index contributed by atoms with van der Waals surface area (Å²) in [6, 6.07) is 12.6. The van der Waals surface area contributed by atoms with Gasteiger partial charge < -0.3 is 15.7 Å². The monoisotopic (exact) mass is 771 g/mol. The number of halogens is 1. The zero-order chi connectivity index (χ0) is 41.1. The van der Waals surface area contributed by atoms with Crippen molar-refractivity contribution in [3.8, 4) is 0 Å². The second-order valence-corrected chi connectivity index (χ2v) is 19.4. The topological polar surface area (TPSA) is 95.5 Å². The summed E-state index contributed by atoms with van der Waals surface area (Å²) in [5.41, 5.74) is 3.79. The molecule has 5 fully saturated rings. The lowest BCUT2D eigenvalue weighted by Crippen LogP contribution is -2.64. The minimum atomic E-state index is -0.239. The number of Topliss-reactive ketones (excluding diaryl/α,β-unsaturated/α-hetero) is 1. The van der Waals surface area contributed by atoms with Crippen LogP contribution in [-0.4, -0.2) is 35.9 Å². The van der Waals surface area contributed by atoms with Crippen LogP contribution in [0.1, 0.15) is 140 Å². The minimum Gasteiger partial charge on any atom is -0.393 e. The Kier molecular flexibility index (Phi) is 13.8. The Morgan fingerprint density at radius 1 is 0.911 bits per heavy atom. The fourth-order valence-electron chi connectivity index (χ4n) is 13.4. The number of rotatable bonds is 8. The number of ketones is 1. The third-order valence-electron chi connectivity index (χ3n) is 16.0. The summed E-state index contributed by atoms with van der Waals surface area (Å²) in [5.74, 6) is 3.85. The molecule has 0 bridgehead atoms. The van der Waals surface area contributed by atoms with Gasteiger partial charge >= 0.3 is 0 Å². The summed E-state index contributed by atoms with van der Waals surface area (Å²) in [5, 5.41) is 16.8. The predicted octanol–water partition coefficient (Wildman–Crippen LogP) is 10.2. The number of aryl methyl sites for hydroxylation is 1. The van der Waals surface area contributed by atoms with Crippen LogP contribution < -0.4 is 10.6 Å². The highest BCUT2D eigenvalue weighted by Gasteiger charge is 2.67. The molecule has 0 radical (unpaired) electrons. The van der Waals surface area contributed by atoms with Crippen molar-refractivity contribution in [2.45, 2.75) is 139 Å². The number of aliphatic hydroxyl groups excluding tert-OH is 1. The maximum atomic E-state index is 14.0. The molecule has 56 heavy (non-hydrogen) atoms. The number of aliphatic hydroxyl groups is 1. The fourth-order valence-corrected chi connectivity index (χ4v) is 13.4. The largest absolute Gasteiger partial charge is 0.393 e. The summed E-state index contributed by atoms with van der Waals surface area (Å²) in [6.07, 6.45) is 14.5. The number of carbonyl (C=O) groups is 3. The van der Waals surface area contributed by atoms with Crippen molar-refractivity contribution in [1.82, 2.24) is 10.6 Å². The van der Waals surface area contributed by atoms with Gasteiger partial charge in [0.2, 0.25) is 12.3 Å². The number of hydrogen-bond acceptors (Lipinski definition) is 4. The average molecular weight is 771 g/mol. The number of allylic oxidation sites excluding steroid dienone is 1. The van der Waals surface area contributed by atoms with Gasteiger partial charge in [0, 0.05) is 18.7 Å². The number of amides is 2. The van der Waals surface area contributed by atoms with Crippen LogP contribution >= 0.6 is 0 Å². The second-order valence-electron chi connectivity index (χ2n) is 19.4. The van der Waals surface area contributed by atoms with Crippen molar-refractivity contribution < 1.29 is 23.9 Å². The standard InChI is InChI=1S/C35H52FNO2.C11H13NO2.C3H6/c1-21-11-17-35(31(39)37-20-23-7-9-26(36)22(2)19-23)18-12-25-24(30(21)35)8-10-28-33(25,5)15-13-27-32(3,4)29(38)14-16-34(27,28)6;1-9(14)11-4-2-3-10(7-11)5-6-12-8-13;1-3-2/h7,9,19,21,24-25,27-30,38H,8,10-18,20H2,1-6H3,(H,37,39);2-4,7-8H,5-6H2,1H3,(H,12,13);3H,1H2,2H3. The van der Waals surface area contributed by atoms with Crippen LogP contribution in [0.4, 0.5) is 4.39 Å². The highest BCUT2D eigenvalue weighted by Crippen LogP contribution is 2.73. The number of nitrogens with one attached hydrogen (secondary N) is 2. The van der Waals surface area contributed by atoms with Crippen molar-refractivity contribution in [1.29, 1.82) is 0 Å². The zero-order valence-corrected chi connectivity index (χ0v) is 35.7. The van der Waals surface area contributed by atoms with Gasteiger partial charge in [-0.05, 0) is 172 Å². The van der Waals surface area contributed by atoms with Gasteiger partial charge in [-0.15, -0.1) is 6.58 Å². The van der Waals surface area contributed by atoms with Crippen LogP contribution in [0.2, 0.25) is 0 Å². The summed E-state index contributed by atoms with van der Waals surface area (Å²) in [6.45, 7) is 22.0. The lowest BCUT2D eigenvalue weighted by atomic mass is 9.36. The molecule has 308 valence electrons. The van der Waals surface area contributed by atoms with Gasteiger partial charge in [0.25, 0.3) is 0 Å². The Bertz CT molecular complexity index is 1720. The number of fused-ring (bicyclic) bond motifs is 7. The molecular formula is C49H71FN2O4. The zero-order valence-electron chi connectivity index (χ0n) is 35.7. The Morgan fingerprint density at radius 2 is 1.61 bits per heavy atom. The number of carbonyl (C=O) groups excluding carboxylic acids is 3. The molecule has 2 amide bonds. The van der Waals surface area contributed by atoms with Crippen LogP contribution in [-0.2, 0) is 22.6 Å². The van der Waals surface area contributed by atoms with Crippen LogP contribution in [0, 0.1) is 69.9 Å². The Hall–Kier alpha value is -3.32. The van der Waals surface area contributed by atoms with E-state index in [0.717, 1.165) is 55.6 Å². The molecule has 2 aromatic carbocycles. The molecule has 5 saturated carbocycles. The molecule has 0 heterocycles. The highest BCUT2D eigenvalue weighted by atomic mass is 19.1. The molecule has 5 aliphatic carbocycles. The van der Waals surface area contributed by atoms with Crippen molar-refractivity contribution in [2.24, 2.45) is 57.2 Å². The Morgan fingerprint density at radius 3 is 2.29 bits per heavy atom. The van der Waals surface area contributed by atoms with Gasteiger partial charge in [-0.3, -0.25) is 14.4 Å². The third-order valence-corrected chi connectivity index (χ3v) is 16.0. The maximum Gasteiger partial charge on any atom is 0.226 e. The van der Waals surface area contributed by atoms with Crippen molar-refractivity contribution in [2.75, 3.05) is 6.54 Å². The lowest BCUT2D eigenvalue weighted by molar-refractivity contribution is -0.216. The normalized spacial score (nSPS) is 34.9. The smallest absolute Gasteiger partial charge is 0.226 e. The fraction of sp³-hybridized carbons (Fsp3) is 0.653. The van der Waals surface area contributed by atoms with Crippen molar-refractivity contribution >= 4 is 18.1 Å². The Labute approximate surface area is 337 Å². The summed E-state index contributed by atoms with van der Waals surface area (Å²) >= 11 is 0. The quantitative estimate of drug-likeness (QED) is 0.108. The van der Waals surface area contributed by atoms with E-state index < -0.39 is 0 Å². The first kappa shape index (κ1) is 43.8. The molecule has 0 spiro atoms. The van der Waals surface area contributed by atoms with Crippen LogP contribution in [0.5, 0.6) is 0 Å². The van der Waals surface area contributed by atoms with E-state index in [4.69, 9.17) is 0 Å². The van der Waals surface area contributed by atoms with Crippen molar-refractivity contribution in [3.05, 3.63) is 83.2 Å². The molecule has 0 aromatic heterocycles.